The molecule has 1 rings (SSSR count). The van der Waals surface area contributed by atoms with E-state index in [1.54, 1.807) is 0 Å². The van der Waals surface area contributed by atoms with Gasteiger partial charge in [-0.2, -0.15) is 13.2 Å². The Morgan fingerprint density at radius 1 is 1.50 bits per heavy atom. The van der Waals surface area contributed by atoms with Crippen LogP contribution < -0.4 is 5.32 Å². The number of hydrogen-bond acceptors (Lipinski definition) is 3. The molecular weight excluding hydrogens is 199 g/mol. The van der Waals surface area contributed by atoms with Crippen molar-refractivity contribution in [3.05, 3.63) is 0 Å². The number of piperidine rings is 1. The van der Waals surface area contributed by atoms with Gasteiger partial charge in [0.2, 0.25) is 0 Å². The van der Waals surface area contributed by atoms with Gasteiger partial charge in [-0.3, -0.25) is 4.79 Å². The molecule has 0 aromatic carbocycles. The van der Waals surface area contributed by atoms with Crippen LogP contribution in [0.15, 0.2) is 0 Å². The topological polar surface area (TPSA) is 38.3 Å². The summed E-state index contributed by atoms with van der Waals surface area (Å²) >= 11 is 0. The van der Waals surface area contributed by atoms with E-state index in [0.717, 1.165) is 7.11 Å². The molecule has 1 fully saturated rings. The summed E-state index contributed by atoms with van der Waals surface area (Å²) in [6, 6.07) is 0. The molecule has 1 heterocycles. The van der Waals surface area contributed by atoms with E-state index in [9.17, 15) is 18.0 Å². The van der Waals surface area contributed by atoms with E-state index in [0.29, 0.717) is 6.54 Å². The lowest BCUT2D eigenvalue weighted by Gasteiger charge is -2.31. The molecule has 0 bridgehead atoms. The van der Waals surface area contributed by atoms with Crippen molar-refractivity contribution < 1.29 is 22.7 Å². The highest BCUT2D eigenvalue weighted by Gasteiger charge is 2.48. The highest BCUT2D eigenvalue weighted by Crippen LogP contribution is 2.35. The van der Waals surface area contributed by atoms with E-state index in [4.69, 9.17) is 0 Å². The Bertz CT molecular complexity index is 217. The predicted molar refractivity (Wildman–Crippen MR) is 42.5 cm³/mol. The van der Waals surface area contributed by atoms with E-state index >= 15 is 0 Å². The average Bonchev–Trinajstić information content (AvgIpc) is 2.15. The minimum absolute atomic E-state index is 0.177. The molecule has 0 radical (unpaired) electrons. The fraction of sp³-hybridized carbons (Fsp3) is 0.875. The number of rotatable bonds is 1. The Hall–Kier alpha value is -0.780. The Labute approximate surface area is 79.6 Å². The Balaban J connectivity index is 2.74. The van der Waals surface area contributed by atoms with E-state index in [1.807, 2.05) is 0 Å². The van der Waals surface area contributed by atoms with Crippen LogP contribution in [-0.4, -0.2) is 32.3 Å². The van der Waals surface area contributed by atoms with Gasteiger partial charge in [-0.1, -0.05) is 0 Å². The van der Waals surface area contributed by atoms with Crippen molar-refractivity contribution in [1.82, 2.24) is 5.32 Å². The largest absolute Gasteiger partial charge is 0.469 e. The third kappa shape index (κ3) is 2.37. The van der Waals surface area contributed by atoms with Gasteiger partial charge >= 0.3 is 12.1 Å². The summed E-state index contributed by atoms with van der Waals surface area (Å²) in [4.78, 5) is 11.1. The van der Waals surface area contributed by atoms with Crippen LogP contribution in [0.5, 0.6) is 0 Å². The zero-order chi connectivity index (χ0) is 10.8. The van der Waals surface area contributed by atoms with Gasteiger partial charge < -0.3 is 10.1 Å². The number of esters is 1. The Morgan fingerprint density at radius 2 is 2.14 bits per heavy atom. The second-order valence-corrected chi connectivity index (χ2v) is 3.27. The van der Waals surface area contributed by atoms with Crippen molar-refractivity contribution in [1.29, 1.82) is 0 Å². The van der Waals surface area contributed by atoms with Crippen molar-refractivity contribution in [2.45, 2.75) is 12.6 Å². The molecule has 0 amide bonds. The molecule has 0 aliphatic carbocycles. The molecule has 0 saturated carbocycles. The first-order valence-electron chi connectivity index (χ1n) is 4.32. The lowest BCUT2D eigenvalue weighted by Crippen LogP contribution is -2.47. The van der Waals surface area contributed by atoms with Crippen molar-refractivity contribution >= 4 is 5.97 Å². The number of hydrogen-bond donors (Lipinski definition) is 1. The fourth-order valence-electron chi connectivity index (χ4n) is 1.64. The minimum atomic E-state index is -4.34. The number of halogens is 3. The summed E-state index contributed by atoms with van der Waals surface area (Å²) in [6.07, 6.45) is -4.16. The molecule has 82 valence electrons. The normalized spacial score (nSPS) is 28.6. The van der Waals surface area contributed by atoms with Crippen molar-refractivity contribution in [2.24, 2.45) is 11.8 Å². The van der Waals surface area contributed by atoms with Crippen LogP contribution in [0.25, 0.3) is 0 Å². The molecule has 0 spiro atoms. The molecule has 3 nitrogen and oxygen atoms in total. The Morgan fingerprint density at radius 3 is 2.64 bits per heavy atom. The van der Waals surface area contributed by atoms with Gasteiger partial charge in [-0.25, -0.2) is 0 Å². The van der Waals surface area contributed by atoms with Gasteiger partial charge in [0.05, 0.1) is 18.9 Å². The summed E-state index contributed by atoms with van der Waals surface area (Å²) < 4.78 is 41.7. The van der Waals surface area contributed by atoms with Crippen LogP contribution in [-0.2, 0) is 9.53 Å². The third-order valence-electron chi connectivity index (χ3n) is 2.41. The van der Waals surface area contributed by atoms with E-state index < -0.39 is 24.0 Å². The summed E-state index contributed by atoms with van der Waals surface area (Å²) in [5.74, 6) is -3.45. The van der Waals surface area contributed by atoms with Crippen LogP contribution in [0.4, 0.5) is 13.2 Å². The second-order valence-electron chi connectivity index (χ2n) is 3.27. The van der Waals surface area contributed by atoms with Gasteiger partial charge in [-0.05, 0) is 13.0 Å². The lowest BCUT2D eigenvalue weighted by atomic mass is 9.86. The van der Waals surface area contributed by atoms with Crippen LogP contribution in [0.3, 0.4) is 0 Å². The third-order valence-corrected chi connectivity index (χ3v) is 2.41. The van der Waals surface area contributed by atoms with Crippen molar-refractivity contribution in [3.63, 3.8) is 0 Å². The smallest absolute Gasteiger partial charge is 0.393 e. The molecular formula is C8H12F3NO2. The van der Waals surface area contributed by atoms with E-state index in [1.165, 1.54) is 0 Å². The number of alkyl halides is 3. The molecule has 0 aromatic rings. The number of carbonyl (C=O) groups is 1. The van der Waals surface area contributed by atoms with Crippen LogP contribution in [0.2, 0.25) is 0 Å². The quantitative estimate of drug-likeness (QED) is 0.656. The van der Waals surface area contributed by atoms with E-state index in [-0.39, 0.29) is 13.0 Å². The minimum Gasteiger partial charge on any atom is -0.469 e. The number of methoxy groups -OCH3 is 1. The van der Waals surface area contributed by atoms with Gasteiger partial charge in [0, 0.05) is 6.54 Å². The van der Waals surface area contributed by atoms with Gasteiger partial charge in [0.1, 0.15) is 0 Å². The van der Waals surface area contributed by atoms with Gasteiger partial charge in [-0.15, -0.1) is 0 Å². The molecule has 0 unspecified atom stereocenters. The first-order chi connectivity index (χ1) is 6.46. The molecule has 0 aromatic heterocycles. The number of nitrogens with one attached hydrogen (secondary N) is 1. The highest BCUT2D eigenvalue weighted by molar-refractivity contribution is 5.72. The maximum Gasteiger partial charge on any atom is 0.393 e. The average molecular weight is 211 g/mol. The van der Waals surface area contributed by atoms with Gasteiger partial charge in [0.25, 0.3) is 0 Å². The standard InChI is InChI=1S/C8H12F3NO2/c1-14-7(13)5-2-3-12-4-6(5)8(9,10)11/h5-6,12H,2-4H2,1H3/t5-,6-/m0/s1. The zero-order valence-corrected chi connectivity index (χ0v) is 7.73. The monoisotopic (exact) mass is 211 g/mol. The summed E-state index contributed by atoms with van der Waals surface area (Å²) in [6.45, 7) is 0.218. The van der Waals surface area contributed by atoms with E-state index in [2.05, 4.69) is 10.1 Å². The first kappa shape index (κ1) is 11.3. The van der Waals surface area contributed by atoms with Crippen LogP contribution in [0, 0.1) is 11.8 Å². The van der Waals surface area contributed by atoms with Crippen molar-refractivity contribution in [2.75, 3.05) is 20.2 Å². The molecule has 1 aliphatic heterocycles. The molecule has 1 saturated heterocycles. The fourth-order valence-corrected chi connectivity index (χ4v) is 1.64. The predicted octanol–water partition coefficient (Wildman–Crippen LogP) is 0.947. The summed E-state index contributed by atoms with van der Waals surface area (Å²) in [7, 11) is 1.11. The highest BCUT2D eigenvalue weighted by atomic mass is 19.4. The SMILES string of the molecule is COC(=O)[C@H]1CCNC[C@@H]1C(F)(F)F. The zero-order valence-electron chi connectivity index (χ0n) is 7.73. The maximum atomic E-state index is 12.4. The molecule has 1 aliphatic rings. The lowest BCUT2D eigenvalue weighted by molar-refractivity contribution is -0.200. The second kappa shape index (κ2) is 4.16. The first-order valence-corrected chi connectivity index (χ1v) is 4.32. The summed E-state index contributed by atoms with van der Waals surface area (Å²) in [5, 5.41) is 2.62. The van der Waals surface area contributed by atoms with Crippen LogP contribution >= 0.6 is 0 Å². The maximum absolute atomic E-state index is 12.4. The molecule has 1 N–H and O–H groups in total. The van der Waals surface area contributed by atoms with Gasteiger partial charge in [0.15, 0.2) is 0 Å². The van der Waals surface area contributed by atoms with Crippen LogP contribution in [0.1, 0.15) is 6.42 Å². The molecule has 14 heavy (non-hydrogen) atoms. The molecule has 6 heteroatoms. The Kier molecular flexibility index (Phi) is 3.36. The molecule has 2 atom stereocenters. The van der Waals surface area contributed by atoms with Crippen molar-refractivity contribution in [3.8, 4) is 0 Å². The number of carbonyl (C=O) groups excluding carboxylic acids is 1. The summed E-state index contributed by atoms with van der Waals surface area (Å²) in [5.41, 5.74) is 0. The number of ether oxygens (including phenoxy) is 1.